The van der Waals surface area contributed by atoms with Crippen LogP contribution in [0.1, 0.15) is 25.5 Å². The van der Waals surface area contributed by atoms with Crippen LogP contribution in [-0.4, -0.2) is 34.9 Å². The third-order valence-electron chi connectivity index (χ3n) is 3.12. The Kier molecular flexibility index (Phi) is 4.74. The number of alkyl halides is 3. The van der Waals surface area contributed by atoms with E-state index >= 15 is 0 Å². The fourth-order valence-corrected chi connectivity index (χ4v) is 3.66. The van der Waals surface area contributed by atoms with Gasteiger partial charge in [-0.15, -0.1) is 16.3 Å². The number of unbranched alkanes of at least 4 members (excludes halogenated alkanes) is 1. The fraction of sp³-hybridized carbons (Fsp3) is 0.385. The van der Waals surface area contributed by atoms with Gasteiger partial charge < -0.3 is 4.55 Å². The second-order valence-electron chi connectivity index (χ2n) is 4.87. The predicted molar refractivity (Wildman–Crippen MR) is 83.1 cm³/mol. The van der Waals surface area contributed by atoms with Crippen molar-refractivity contribution in [2.75, 3.05) is 5.75 Å². The first-order valence-electron chi connectivity index (χ1n) is 7.03. The van der Waals surface area contributed by atoms with Crippen molar-refractivity contribution in [1.29, 1.82) is 0 Å². The summed E-state index contributed by atoms with van der Waals surface area (Å²) in [6, 6.07) is 0.874. The van der Waals surface area contributed by atoms with E-state index in [4.69, 9.17) is 0 Å². The fourth-order valence-electron chi connectivity index (χ4n) is 1.97. The molecule has 0 bridgehead atoms. The molecule has 24 heavy (non-hydrogen) atoms. The number of fused-ring (bicyclic) bond motifs is 1. The molecule has 3 aromatic rings. The van der Waals surface area contributed by atoms with Gasteiger partial charge in [0.1, 0.15) is 16.5 Å². The standard InChI is InChI=1S/C13H12F3N5OS2/c1-2-3-6-24(22)12-19-11-18-8(10-17-4-5-23-10)7-9(13(14,15)16)21(11)20-12/h4-5,7H,2-3,6H2,1H3. The van der Waals surface area contributed by atoms with E-state index in [2.05, 4.69) is 20.1 Å². The van der Waals surface area contributed by atoms with Crippen LogP contribution in [0.4, 0.5) is 13.2 Å². The molecule has 3 heterocycles. The third kappa shape index (κ3) is 3.37. The highest BCUT2D eigenvalue weighted by Crippen LogP contribution is 2.32. The zero-order chi connectivity index (χ0) is 17.3. The summed E-state index contributed by atoms with van der Waals surface area (Å²) in [4.78, 5) is 12.0. The van der Waals surface area contributed by atoms with Crippen LogP contribution >= 0.6 is 11.3 Å². The Morgan fingerprint density at radius 2 is 2.12 bits per heavy atom. The molecule has 0 aromatic carbocycles. The highest BCUT2D eigenvalue weighted by atomic mass is 32.2. The van der Waals surface area contributed by atoms with E-state index in [9.17, 15) is 17.7 Å². The molecule has 0 aliphatic carbocycles. The lowest BCUT2D eigenvalue weighted by atomic mass is 10.3. The van der Waals surface area contributed by atoms with Crippen LogP contribution in [0.25, 0.3) is 16.5 Å². The number of aromatic nitrogens is 5. The first kappa shape index (κ1) is 17.1. The SMILES string of the molecule is CCCC[S+]([O-])c1nc2nc(-c3nccs3)cc(C(F)(F)F)n2n1. The molecular weight excluding hydrogens is 363 g/mol. The Labute approximate surface area is 142 Å². The summed E-state index contributed by atoms with van der Waals surface area (Å²) in [6.45, 7) is 1.93. The van der Waals surface area contributed by atoms with Gasteiger partial charge in [-0.25, -0.2) is 9.97 Å². The van der Waals surface area contributed by atoms with E-state index in [-0.39, 0.29) is 16.6 Å². The largest absolute Gasteiger partial charge is 0.609 e. The lowest BCUT2D eigenvalue weighted by molar-refractivity contribution is -0.142. The number of thiazole rings is 1. The van der Waals surface area contributed by atoms with E-state index in [1.54, 1.807) is 5.38 Å². The Morgan fingerprint density at radius 1 is 1.33 bits per heavy atom. The number of rotatable bonds is 5. The molecule has 1 unspecified atom stereocenters. The lowest BCUT2D eigenvalue weighted by Gasteiger charge is -2.08. The van der Waals surface area contributed by atoms with Gasteiger partial charge in [0.15, 0.2) is 5.69 Å². The molecular formula is C13H12F3N5OS2. The van der Waals surface area contributed by atoms with Gasteiger partial charge in [-0.3, -0.25) is 0 Å². The van der Waals surface area contributed by atoms with Crippen molar-refractivity contribution in [1.82, 2.24) is 24.6 Å². The minimum atomic E-state index is -4.65. The zero-order valence-electron chi connectivity index (χ0n) is 12.4. The maximum atomic E-state index is 13.3. The number of hydrogen-bond donors (Lipinski definition) is 0. The molecule has 0 aliphatic rings. The highest BCUT2D eigenvalue weighted by molar-refractivity contribution is 7.91. The third-order valence-corrected chi connectivity index (χ3v) is 5.16. The summed E-state index contributed by atoms with van der Waals surface area (Å²) in [5.74, 6) is 0.0588. The molecule has 128 valence electrons. The van der Waals surface area contributed by atoms with Gasteiger partial charge in [0, 0.05) is 22.8 Å². The van der Waals surface area contributed by atoms with Gasteiger partial charge in [0.2, 0.25) is 0 Å². The number of nitrogens with zero attached hydrogens (tertiary/aromatic N) is 5. The van der Waals surface area contributed by atoms with E-state index in [1.807, 2.05) is 6.92 Å². The minimum Gasteiger partial charge on any atom is -0.609 e. The summed E-state index contributed by atoms with van der Waals surface area (Å²) in [7, 11) is 0. The van der Waals surface area contributed by atoms with E-state index in [0.29, 0.717) is 21.7 Å². The van der Waals surface area contributed by atoms with Crippen molar-refractivity contribution < 1.29 is 17.7 Å². The lowest BCUT2D eigenvalue weighted by Crippen LogP contribution is -2.14. The molecule has 0 aliphatic heterocycles. The second kappa shape index (κ2) is 6.65. The predicted octanol–water partition coefficient (Wildman–Crippen LogP) is 3.17. The maximum absolute atomic E-state index is 13.3. The summed E-state index contributed by atoms with van der Waals surface area (Å²) >= 11 is -0.388. The molecule has 11 heteroatoms. The molecule has 6 nitrogen and oxygen atoms in total. The Balaban J connectivity index is 2.12. The van der Waals surface area contributed by atoms with Crippen molar-refractivity contribution in [3.63, 3.8) is 0 Å². The van der Waals surface area contributed by atoms with Crippen LogP contribution in [0.15, 0.2) is 22.8 Å². The number of halogens is 3. The molecule has 0 fully saturated rings. The topological polar surface area (TPSA) is 79.0 Å². The van der Waals surface area contributed by atoms with Crippen LogP contribution in [0, 0.1) is 0 Å². The van der Waals surface area contributed by atoms with Crippen LogP contribution in [0.3, 0.4) is 0 Å². The number of hydrogen-bond acceptors (Lipinski definition) is 6. The summed E-state index contributed by atoms with van der Waals surface area (Å²) < 4.78 is 52.7. The van der Waals surface area contributed by atoms with Gasteiger partial charge >= 0.3 is 11.3 Å². The minimum absolute atomic E-state index is 0.0584. The van der Waals surface area contributed by atoms with Gasteiger partial charge in [0.25, 0.3) is 5.78 Å². The van der Waals surface area contributed by atoms with Gasteiger partial charge in [-0.2, -0.15) is 17.7 Å². The van der Waals surface area contributed by atoms with Crippen molar-refractivity contribution in [3.8, 4) is 10.7 Å². The monoisotopic (exact) mass is 375 g/mol. The smallest absolute Gasteiger partial charge is 0.433 e. The van der Waals surface area contributed by atoms with Crippen molar-refractivity contribution in [3.05, 3.63) is 23.3 Å². The van der Waals surface area contributed by atoms with E-state index < -0.39 is 23.0 Å². The van der Waals surface area contributed by atoms with Crippen LogP contribution in [0.5, 0.6) is 0 Å². The van der Waals surface area contributed by atoms with Gasteiger partial charge in [-0.1, -0.05) is 18.4 Å². The molecule has 3 rings (SSSR count). The van der Waals surface area contributed by atoms with Crippen LogP contribution in [0.2, 0.25) is 0 Å². The molecule has 0 amide bonds. The molecule has 0 saturated carbocycles. The normalized spacial score (nSPS) is 13.5. The maximum Gasteiger partial charge on any atom is 0.433 e. The molecule has 1 atom stereocenters. The van der Waals surface area contributed by atoms with Crippen LogP contribution in [-0.2, 0) is 17.4 Å². The molecule has 3 aromatic heterocycles. The second-order valence-corrected chi connectivity index (χ2v) is 7.23. The quantitative estimate of drug-likeness (QED) is 0.640. The molecule has 0 spiro atoms. The zero-order valence-corrected chi connectivity index (χ0v) is 14.1. The van der Waals surface area contributed by atoms with Crippen LogP contribution < -0.4 is 0 Å². The summed E-state index contributed by atoms with van der Waals surface area (Å²) in [5, 5.41) is 5.61. The highest BCUT2D eigenvalue weighted by Gasteiger charge is 2.36. The van der Waals surface area contributed by atoms with Crippen molar-refractivity contribution in [2.45, 2.75) is 31.1 Å². The van der Waals surface area contributed by atoms with Gasteiger partial charge in [0.05, 0.1) is 0 Å². The van der Waals surface area contributed by atoms with E-state index in [1.165, 1.54) is 17.5 Å². The average molecular weight is 375 g/mol. The first-order chi connectivity index (χ1) is 11.4. The molecule has 0 N–H and O–H groups in total. The van der Waals surface area contributed by atoms with Crippen molar-refractivity contribution >= 4 is 28.3 Å². The average Bonchev–Trinajstić information content (AvgIpc) is 3.19. The Hall–Kier alpha value is -1.72. The van der Waals surface area contributed by atoms with Gasteiger partial charge in [-0.05, 0) is 12.5 Å². The van der Waals surface area contributed by atoms with E-state index in [0.717, 1.165) is 12.5 Å². The summed E-state index contributed by atoms with van der Waals surface area (Å²) in [5.41, 5.74) is -0.966. The summed E-state index contributed by atoms with van der Waals surface area (Å²) in [6.07, 6.45) is -1.68. The first-order valence-corrected chi connectivity index (χ1v) is 9.23. The Morgan fingerprint density at radius 3 is 2.75 bits per heavy atom. The van der Waals surface area contributed by atoms with Crippen molar-refractivity contribution in [2.24, 2.45) is 0 Å². The Bertz CT molecular complexity index is 834. The molecule has 0 saturated heterocycles. The molecule has 0 radical (unpaired) electrons.